The maximum Gasteiger partial charge on any atom is 0.269 e. The molecule has 1 atom stereocenters. The van der Waals surface area contributed by atoms with Gasteiger partial charge in [-0.05, 0) is 66.9 Å². The molecule has 0 amide bonds. The van der Waals surface area contributed by atoms with Crippen molar-refractivity contribution in [2.24, 2.45) is 0 Å². The summed E-state index contributed by atoms with van der Waals surface area (Å²) in [6, 6.07) is 10.5. The molecule has 1 aliphatic carbocycles. The molecule has 0 spiro atoms. The molecule has 1 saturated carbocycles. The quantitative estimate of drug-likeness (QED) is 0.340. The van der Waals surface area contributed by atoms with Gasteiger partial charge in [0.25, 0.3) is 5.69 Å². The zero-order chi connectivity index (χ0) is 24.1. The van der Waals surface area contributed by atoms with Crippen LogP contribution in [-0.4, -0.2) is 48.3 Å². The van der Waals surface area contributed by atoms with Crippen LogP contribution in [0.1, 0.15) is 49.3 Å². The second-order valence-electron chi connectivity index (χ2n) is 8.71. The number of fused-ring (bicyclic) bond motifs is 1. The van der Waals surface area contributed by atoms with Crippen molar-refractivity contribution in [2.75, 3.05) is 27.4 Å². The summed E-state index contributed by atoms with van der Waals surface area (Å²) >= 11 is 5.88. The van der Waals surface area contributed by atoms with Gasteiger partial charge in [0.05, 0.1) is 25.2 Å². The van der Waals surface area contributed by atoms with Crippen molar-refractivity contribution < 1.29 is 19.1 Å². The fraction of sp³-hybridized carbons (Fsp3) is 0.480. The highest BCUT2D eigenvalue weighted by molar-refractivity contribution is 7.80. The van der Waals surface area contributed by atoms with Gasteiger partial charge in [-0.1, -0.05) is 19.3 Å². The summed E-state index contributed by atoms with van der Waals surface area (Å²) in [5.74, 6) is 1.94. The van der Waals surface area contributed by atoms with Gasteiger partial charge in [0, 0.05) is 24.7 Å². The predicted octanol–water partition coefficient (Wildman–Crippen LogP) is 4.80. The van der Waals surface area contributed by atoms with Gasteiger partial charge in [-0.3, -0.25) is 10.1 Å². The van der Waals surface area contributed by atoms with Gasteiger partial charge >= 0.3 is 0 Å². The van der Waals surface area contributed by atoms with E-state index in [-0.39, 0.29) is 11.7 Å². The number of non-ortho nitro benzene ring substituents is 1. The average molecular weight is 486 g/mol. The first-order chi connectivity index (χ1) is 16.5. The van der Waals surface area contributed by atoms with Crippen molar-refractivity contribution in [3.63, 3.8) is 0 Å². The van der Waals surface area contributed by atoms with Crippen LogP contribution < -0.4 is 19.5 Å². The fourth-order valence-electron chi connectivity index (χ4n) is 4.79. The standard InChI is InChI=1S/C25H31N3O5S/c1-31-23-14-17-12-13-27(25(34)26-18-6-4-3-5-7-18)22(21(17)15-24(23)32-2)16-33-20-10-8-19(9-11-20)28(29)30/h8-11,14-15,18,22H,3-7,12-13,16H2,1-2H3,(H,26,34). The summed E-state index contributed by atoms with van der Waals surface area (Å²) in [5, 5.41) is 15.3. The molecule has 1 unspecified atom stereocenters. The maximum atomic E-state index is 11.0. The van der Waals surface area contributed by atoms with Crippen LogP contribution in [0.4, 0.5) is 5.69 Å². The van der Waals surface area contributed by atoms with Gasteiger partial charge in [0.1, 0.15) is 12.4 Å². The number of thiocarbonyl (C=S) groups is 1. The van der Waals surface area contributed by atoms with E-state index in [0.29, 0.717) is 29.9 Å². The third kappa shape index (κ3) is 5.35. The van der Waals surface area contributed by atoms with E-state index in [2.05, 4.69) is 10.2 Å². The lowest BCUT2D eigenvalue weighted by molar-refractivity contribution is -0.384. The van der Waals surface area contributed by atoms with Gasteiger partial charge in [-0.2, -0.15) is 0 Å². The van der Waals surface area contributed by atoms with Gasteiger partial charge in [0.2, 0.25) is 0 Å². The molecule has 2 aromatic carbocycles. The summed E-state index contributed by atoms with van der Waals surface area (Å²) in [6.45, 7) is 1.10. The smallest absolute Gasteiger partial charge is 0.269 e. The summed E-state index contributed by atoms with van der Waals surface area (Å²) < 4.78 is 17.2. The SMILES string of the molecule is COc1cc2c(cc1OC)C(COc1ccc([N+](=O)[O-])cc1)N(C(=S)NC1CCCCC1)CC2. The summed E-state index contributed by atoms with van der Waals surface area (Å²) in [7, 11) is 3.26. The number of hydrogen-bond donors (Lipinski definition) is 1. The molecule has 0 bridgehead atoms. The Bertz CT molecular complexity index is 1020. The highest BCUT2D eigenvalue weighted by Crippen LogP contribution is 2.38. The monoisotopic (exact) mass is 485 g/mol. The normalized spacial score (nSPS) is 18.1. The molecule has 8 nitrogen and oxygen atoms in total. The molecule has 1 heterocycles. The van der Waals surface area contributed by atoms with Crippen molar-refractivity contribution in [3.8, 4) is 17.2 Å². The van der Waals surface area contributed by atoms with E-state index in [0.717, 1.165) is 36.5 Å². The maximum absolute atomic E-state index is 11.0. The minimum Gasteiger partial charge on any atom is -0.493 e. The van der Waals surface area contributed by atoms with Crippen LogP contribution in [0.2, 0.25) is 0 Å². The Hall–Kier alpha value is -3.07. The molecule has 1 fully saturated rings. The first kappa shape index (κ1) is 24.1. The third-order valence-corrected chi connectivity index (χ3v) is 7.00. The number of rotatable bonds is 7. The molecule has 4 rings (SSSR count). The summed E-state index contributed by atoms with van der Waals surface area (Å²) in [5.41, 5.74) is 2.29. The highest BCUT2D eigenvalue weighted by Gasteiger charge is 2.32. The van der Waals surface area contributed by atoms with Crippen LogP contribution in [0.15, 0.2) is 36.4 Å². The van der Waals surface area contributed by atoms with Crippen LogP contribution in [-0.2, 0) is 6.42 Å². The van der Waals surface area contributed by atoms with Crippen LogP contribution >= 0.6 is 12.2 Å². The molecule has 2 aromatic rings. The third-order valence-electron chi connectivity index (χ3n) is 6.65. The van der Waals surface area contributed by atoms with E-state index in [1.54, 1.807) is 26.4 Å². The van der Waals surface area contributed by atoms with E-state index in [1.165, 1.54) is 37.0 Å². The number of nitro groups is 1. The minimum absolute atomic E-state index is 0.0340. The Labute approximate surface area is 205 Å². The van der Waals surface area contributed by atoms with Crippen molar-refractivity contribution >= 4 is 23.0 Å². The Kier molecular flexibility index (Phi) is 7.72. The second kappa shape index (κ2) is 10.9. The Morgan fingerprint density at radius 1 is 1.12 bits per heavy atom. The van der Waals surface area contributed by atoms with Crippen LogP contribution in [0.3, 0.4) is 0 Å². The molecule has 9 heteroatoms. The number of nitrogens with one attached hydrogen (secondary N) is 1. The minimum atomic E-state index is -0.419. The molecule has 1 N–H and O–H groups in total. The number of nitro benzene ring substituents is 1. The van der Waals surface area contributed by atoms with Crippen LogP contribution in [0.25, 0.3) is 0 Å². The molecule has 1 aliphatic heterocycles. The topological polar surface area (TPSA) is 86.1 Å². The van der Waals surface area contributed by atoms with Crippen LogP contribution in [0.5, 0.6) is 17.2 Å². The summed E-state index contributed by atoms with van der Waals surface area (Å²) in [4.78, 5) is 12.7. The molecule has 0 saturated heterocycles. The van der Waals surface area contributed by atoms with Gasteiger partial charge < -0.3 is 24.4 Å². The number of hydrogen-bond acceptors (Lipinski definition) is 6. The summed E-state index contributed by atoms with van der Waals surface area (Å²) in [6.07, 6.45) is 6.85. The first-order valence-electron chi connectivity index (χ1n) is 11.7. The number of benzene rings is 2. The molecule has 182 valence electrons. The number of methoxy groups -OCH3 is 2. The van der Waals surface area contributed by atoms with Gasteiger partial charge in [-0.25, -0.2) is 0 Å². The fourth-order valence-corrected chi connectivity index (χ4v) is 5.18. The van der Waals surface area contributed by atoms with Gasteiger partial charge in [-0.15, -0.1) is 0 Å². The number of nitrogens with zero attached hydrogens (tertiary/aromatic N) is 2. The zero-order valence-corrected chi connectivity index (χ0v) is 20.4. The molecule has 34 heavy (non-hydrogen) atoms. The highest BCUT2D eigenvalue weighted by atomic mass is 32.1. The lowest BCUT2D eigenvalue weighted by atomic mass is 9.92. The second-order valence-corrected chi connectivity index (χ2v) is 9.10. The molecule has 0 radical (unpaired) electrons. The molecule has 0 aromatic heterocycles. The first-order valence-corrected chi connectivity index (χ1v) is 12.1. The predicted molar refractivity (Wildman–Crippen MR) is 134 cm³/mol. The largest absolute Gasteiger partial charge is 0.493 e. The molecular weight excluding hydrogens is 454 g/mol. The van der Waals surface area contributed by atoms with E-state index in [1.807, 2.05) is 12.1 Å². The van der Waals surface area contributed by atoms with Crippen molar-refractivity contribution in [1.82, 2.24) is 10.2 Å². The molecular formula is C25H31N3O5S. The van der Waals surface area contributed by atoms with Crippen molar-refractivity contribution in [3.05, 3.63) is 57.6 Å². The van der Waals surface area contributed by atoms with E-state index in [9.17, 15) is 10.1 Å². The average Bonchev–Trinajstić information content (AvgIpc) is 2.87. The van der Waals surface area contributed by atoms with Crippen molar-refractivity contribution in [2.45, 2.75) is 50.6 Å². The van der Waals surface area contributed by atoms with Crippen LogP contribution in [0, 0.1) is 10.1 Å². The lowest BCUT2D eigenvalue weighted by Crippen LogP contribution is -2.50. The lowest BCUT2D eigenvalue weighted by Gasteiger charge is -2.40. The van der Waals surface area contributed by atoms with E-state index < -0.39 is 4.92 Å². The van der Waals surface area contributed by atoms with Gasteiger partial charge in [0.15, 0.2) is 16.6 Å². The Balaban J connectivity index is 1.59. The van der Waals surface area contributed by atoms with E-state index >= 15 is 0 Å². The van der Waals surface area contributed by atoms with Crippen molar-refractivity contribution in [1.29, 1.82) is 0 Å². The molecule has 2 aliphatic rings. The number of ether oxygens (including phenoxy) is 3. The Morgan fingerprint density at radius 3 is 2.44 bits per heavy atom. The van der Waals surface area contributed by atoms with E-state index in [4.69, 9.17) is 26.4 Å². The Morgan fingerprint density at radius 2 is 1.79 bits per heavy atom. The zero-order valence-electron chi connectivity index (χ0n) is 19.6.